The lowest BCUT2D eigenvalue weighted by molar-refractivity contribution is 0.580. The summed E-state index contributed by atoms with van der Waals surface area (Å²) in [7, 11) is 2.03. The fourth-order valence-corrected chi connectivity index (χ4v) is 3.48. The number of nitrogens with one attached hydrogen (secondary N) is 1. The Morgan fingerprint density at radius 3 is 3.12 bits per heavy atom. The third kappa shape index (κ3) is 2.76. The molecule has 1 heterocycles. The summed E-state index contributed by atoms with van der Waals surface area (Å²) >= 11 is 6.31. The lowest BCUT2D eigenvalue weighted by atomic mass is 10.00. The Hall–Kier alpha value is -0.120. The van der Waals surface area contributed by atoms with E-state index in [1.807, 2.05) is 18.8 Å². The maximum atomic E-state index is 4.32. The van der Waals surface area contributed by atoms with Crippen LogP contribution in [0.5, 0.6) is 0 Å². The lowest BCUT2D eigenvalue weighted by Gasteiger charge is -2.20. The molecule has 1 unspecified atom stereocenters. The predicted octanol–water partition coefficient (Wildman–Crippen LogP) is 3.31. The van der Waals surface area contributed by atoms with Gasteiger partial charge in [-0.2, -0.15) is 12.6 Å². The zero-order valence-electron chi connectivity index (χ0n) is 9.70. The molecule has 1 aromatic rings. The number of hydrogen-bond donors (Lipinski definition) is 2. The largest absolute Gasteiger partial charge is 0.313 e. The number of benzene rings is 1. The number of thioether (sulfide) groups is 1. The minimum atomic E-state index is 0.453. The minimum Gasteiger partial charge on any atom is -0.313 e. The third-order valence-electron chi connectivity index (χ3n) is 3.10. The third-order valence-corrected chi connectivity index (χ3v) is 4.56. The van der Waals surface area contributed by atoms with Crippen LogP contribution in [0, 0.1) is 0 Å². The normalized spacial score (nSPS) is 16.9. The van der Waals surface area contributed by atoms with Crippen molar-refractivity contribution in [3.8, 4) is 0 Å². The van der Waals surface area contributed by atoms with Gasteiger partial charge in [-0.1, -0.05) is 12.1 Å². The molecule has 0 saturated heterocycles. The highest BCUT2D eigenvalue weighted by Crippen LogP contribution is 2.32. The van der Waals surface area contributed by atoms with Gasteiger partial charge in [-0.3, -0.25) is 0 Å². The molecule has 1 nitrogen and oxygen atoms in total. The van der Waals surface area contributed by atoms with Crippen LogP contribution >= 0.6 is 24.4 Å². The van der Waals surface area contributed by atoms with Crippen LogP contribution in [-0.4, -0.2) is 18.6 Å². The molecule has 0 spiro atoms. The standard InChI is InChI=1S/C13H19NS2/c1-14-12(6-7-15)10-4-5-13-11(9-10)3-2-8-16-13/h4-5,9,12,14-15H,2-3,6-8H2,1H3. The molecule has 0 radical (unpaired) electrons. The molecule has 88 valence electrons. The van der Waals surface area contributed by atoms with E-state index < -0.39 is 0 Å². The molecule has 3 heteroatoms. The molecule has 0 aromatic heterocycles. The molecule has 16 heavy (non-hydrogen) atoms. The molecule has 0 amide bonds. The Balaban J connectivity index is 2.21. The fourth-order valence-electron chi connectivity index (χ4n) is 2.20. The number of rotatable bonds is 4. The molecule has 1 aromatic carbocycles. The first-order valence-corrected chi connectivity index (χ1v) is 7.50. The lowest BCUT2D eigenvalue weighted by Crippen LogP contribution is -2.17. The summed E-state index contributed by atoms with van der Waals surface area (Å²) in [5.74, 6) is 2.20. The fraction of sp³-hybridized carbons (Fsp3) is 0.538. The van der Waals surface area contributed by atoms with Gasteiger partial charge in [-0.05, 0) is 55.0 Å². The molecule has 1 atom stereocenters. The molecule has 0 saturated carbocycles. The van der Waals surface area contributed by atoms with Crippen molar-refractivity contribution in [1.29, 1.82) is 0 Å². The summed E-state index contributed by atoms with van der Waals surface area (Å²) in [6, 6.07) is 7.39. The van der Waals surface area contributed by atoms with Crippen molar-refractivity contribution >= 4 is 24.4 Å². The molecule has 0 fully saturated rings. The van der Waals surface area contributed by atoms with Gasteiger partial charge >= 0.3 is 0 Å². The highest BCUT2D eigenvalue weighted by molar-refractivity contribution is 7.99. The topological polar surface area (TPSA) is 12.0 Å². The molecule has 1 N–H and O–H groups in total. The van der Waals surface area contributed by atoms with Gasteiger partial charge in [-0.15, -0.1) is 11.8 Å². The Kier molecular flexibility index (Phi) is 4.62. The van der Waals surface area contributed by atoms with E-state index >= 15 is 0 Å². The Morgan fingerprint density at radius 1 is 1.50 bits per heavy atom. The van der Waals surface area contributed by atoms with Gasteiger partial charge < -0.3 is 5.32 Å². The van der Waals surface area contributed by atoms with E-state index in [9.17, 15) is 0 Å². The summed E-state index contributed by atoms with van der Waals surface area (Å²) in [5.41, 5.74) is 2.95. The zero-order valence-corrected chi connectivity index (χ0v) is 11.4. The second-order valence-corrected chi connectivity index (χ2v) is 5.76. The van der Waals surface area contributed by atoms with E-state index in [1.54, 1.807) is 0 Å². The van der Waals surface area contributed by atoms with Crippen LogP contribution in [0.2, 0.25) is 0 Å². The van der Waals surface area contributed by atoms with Crippen LogP contribution in [0.3, 0.4) is 0 Å². The smallest absolute Gasteiger partial charge is 0.0325 e. The summed E-state index contributed by atoms with van der Waals surface area (Å²) in [5, 5.41) is 3.37. The van der Waals surface area contributed by atoms with E-state index in [0.717, 1.165) is 12.2 Å². The maximum Gasteiger partial charge on any atom is 0.0325 e. The second-order valence-electron chi connectivity index (χ2n) is 4.17. The van der Waals surface area contributed by atoms with Crippen LogP contribution in [-0.2, 0) is 6.42 Å². The summed E-state index contributed by atoms with van der Waals surface area (Å²) in [6.45, 7) is 0. The highest BCUT2D eigenvalue weighted by Gasteiger charge is 2.13. The number of thiol groups is 1. The molecule has 1 aliphatic rings. The van der Waals surface area contributed by atoms with Crippen molar-refractivity contribution in [1.82, 2.24) is 5.32 Å². The van der Waals surface area contributed by atoms with Gasteiger partial charge in [0.05, 0.1) is 0 Å². The van der Waals surface area contributed by atoms with Gasteiger partial charge in [-0.25, -0.2) is 0 Å². The number of aryl methyl sites for hydroxylation is 1. The molecule has 0 aliphatic carbocycles. The summed E-state index contributed by atoms with van der Waals surface area (Å²) in [4.78, 5) is 1.48. The van der Waals surface area contributed by atoms with E-state index in [2.05, 4.69) is 36.1 Å². The molecule has 0 bridgehead atoms. The van der Waals surface area contributed by atoms with Gasteiger partial charge in [0.15, 0.2) is 0 Å². The highest BCUT2D eigenvalue weighted by atomic mass is 32.2. The van der Waals surface area contributed by atoms with Crippen LogP contribution in [0.15, 0.2) is 23.1 Å². The molecule has 2 rings (SSSR count). The van der Waals surface area contributed by atoms with Crippen molar-refractivity contribution in [2.45, 2.75) is 30.2 Å². The van der Waals surface area contributed by atoms with Gasteiger partial charge in [0.2, 0.25) is 0 Å². The quantitative estimate of drug-likeness (QED) is 0.799. The van der Waals surface area contributed by atoms with Crippen molar-refractivity contribution in [3.63, 3.8) is 0 Å². The Bertz CT molecular complexity index is 352. The summed E-state index contributed by atoms with van der Waals surface area (Å²) < 4.78 is 0. The van der Waals surface area contributed by atoms with Crippen molar-refractivity contribution < 1.29 is 0 Å². The van der Waals surface area contributed by atoms with Crippen molar-refractivity contribution in [2.24, 2.45) is 0 Å². The van der Waals surface area contributed by atoms with E-state index in [1.165, 1.54) is 34.6 Å². The zero-order chi connectivity index (χ0) is 11.4. The minimum absolute atomic E-state index is 0.453. The first-order valence-electron chi connectivity index (χ1n) is 5.89. The van der Waals surface area contributed by atoms with Crippen LogP contribution < -0.4 is 5.32 Å². The van der Waals surface area contributed by atoms with Gasteiger partial charge in [0.1, 0.15) is 0 Å². The van der Waals surface area contributed by atoms with Crippen molar-refractivity contribution in [2.75, 3.05) is 18.6 Å². The first-order chi connectivity index (χ1) is 7.85. The Labute approximate surface area is 108 Å². The first kappa shape index (κ1) is 12.3. The predicted molar refractivity (Wildman–Crippen MR) is 75.8 cm³/mol. The summed E-state index contributed by atoms with van der Waals surface area (Å²) in [6.07, 6.45) is 3.65. The van der Waals surface area contributed by atoms with E-state index in [-0.39, 0.29) is 0 Å². The average Bonchev–Trinajstić information content (AvgIpc) is 2.35. The van der Waals surface area contributed by atoms with E-state index in [4.69, 9.17) is 0 Å². The average molecular weight is 253 g/mol. The van der Waals surface area contributed by atoms with Crippen molar-refractivity contribution in [3.05, 3.63) is 29.3 Å². The van der Waals surface area contributed by atoms with Gasteiger partial charge in [0, 0.05) is 10.9 Å². The monoisotopic (exact) mass is 253 g/mol. The Morgan fingerprint density at radius 2 is 2.38 bits per heavy atom. The van der Waals surface area contributed by atoms with E-state index in [0.29, 0.717) is 6.04 Å². The molecule has 1 aliphatic heterocycles. The maximum absolute atomic E-state index is 4.32. The number of hydrogen-bond acceptors (Lipinski definition) is 3. The molecular weight excluding hydrogens is 234 g/mol. The SMILES string of the molecule is CNC(CCS)c1ccc2c(c1)CCCS2. The van der Waals surface area contributed by atoms with Crippen LogP contribution in [0.25, 0.3) is 0 Å². The van der Waals surface area contributed by atoms with Crippen LogP contribution in [0.1, 0.15) is 30.0 Å². The van der Waals surface area contributed by atoms with Crippen LogP contribution in [0.4, 0.5) is 0 Å². The molecular formula is C13H19NS2. The second kappa shape index (κ2) is 5.99. The van der Waals surface area contributed by atoms with Gasteiger partial charge in [0.25, 0.3) is 0 Å². The number of fused-ring (bicyclic) bond motifs is 1.